The van der Waals surface area contributed by atoms with E-state index in [1.807, 2.05) is 0 Å². The van der Waals surface area contributed by atoms with E-state index in [4.69, 9.17) is 4.42 Å². The first-order valence-electron chi connectivity index (χ1n) is 15.2. The quantitative estimate of drug-likeness (QED) is 0.187. The Morgan fingerprint density at radius 2 is 1.27 bits per heavy atom. The molecule has 0 radical (unpaired) electrons. The highest BCUT2D eigenvalue weighted by molar-refractivity contribution is 6.90. The minimum absolute atomic E-state index is 0.00469. The van der Waals surface area contributed by atoms with Crippen LogP contribution in [0.1, 0.15) is 0 Å². The molecule has 202 valence electrons. The second kappa shape index (κ2) is 8.00. The zero-order valence-corrected chi connectivity index (χ0v) is 23.7. The van der Waals surface area contributed by atoms with Crippen molar-refractivity contribution in [2.45, 2.75) is 0 Å². The van der Waals surface area contributed by atoms with Crippen molar-refractivity contribution in [1.29, 1.82) is 0 Å². The molecular weight excluding hydrogens is 535 g/mol. The van der Waals surface area contributed by atoms with Gasteiger partial charge in [-0.1, -0.05) is 103 Å². The molecule has 0 spiro atoms. The number of anilines is 3. The van der Waals surface area contributed by atoms with Gasteiger partial charge in [0.05, 0.1) is 0 Å². The van der Waals surface area contributed by atoms with E-state index in [9.17, 15) is 0 Å². The Bertz CT molecular complexity index is 2680. The highest BCUT2D eigenvalue weighted by Crippen LogP contribution is 2.49. The molecule has 0 saturated carbocycles. The minimum atomic E-state index is -0.00469. The van der Waals surface area contributed by atoms with Crippen LogP contribution in [0.2, 0.25) is 0 Å². The molecule has 3 nitrogen and oxygen atoms in total. The molecule has 4 heteroatoms. The Balaban J connectivity index is 1.42. The number of hydrogen-bond acceptors (Lipinski definition) is 2. The highest BCUT2D eigenvalue weighted by Gasteiger charge is 2.44. The third-order valence-electron chi connectivity index (χ3n) is 9.90. The summed E-state index contributed by atoms with van der Waals surface area (Å²) in [5.74, 6) is 0. The predicted octanol–water partition coefficient (Wildman–Crippen LogP) is 9.26. The number of hydrogen-bond donors (Lipinski definition) is 0. The van der Waals surface area contributed by atoms with Gasteiger partial charge in [-0.2, -0.15) is 0 Å². The number of nitrogens with zero attached hydrogens (tertiary/aromatic N) is 2. The maximum absolute atomic E-state index is 6.67. The Morgan fingerprint density at radius 3 is 2.16 bits per heavy atom. The Morgan fingerprint density at radius 1 is 0.545 bits per heavy atom. The van der Waals surface area contributed by atoms with Gasteiger partial charge >= 0.3 is 6.85 Å². The Hall–Kier alpha value is -5.74. The lowest BCUT2D eigenvalue weighted by molar-refractivity contribution is 0.669. The van der Waals surface area contributed by atoms with Crippen molar-refractivity contribution < 1.29 is 4.42 Å². The van der Waals surface area contributed by atoms with E-state index in [0.29, 0.717) is 0 Å². The zero-order valence-electron chi connectivity index (χ0n) is 23.7. The van der Waals surface area contributed by atoms with E-state index in [0.717, 1.165) is 22.2 Å². The fraction of sp³-hybridized carbons (Fsp3) is 0. The van der Waals surface area contributed by atoms with Gasteiger partial charge < -0.3 is 13.8 Å². The summed E-state index contributed by atoms with van der Waals surface area (Å²) in [6, 6.07) is 50.9. The summed E-state index contributed by atoms with van der Waals surface area (Å²) in [7, 11) is 0. The van der Waals surface area contributed by atoms with Crippen LogP contribution in [0.15, 0.2) is 144 Å². The van der Waals surface area contributed by atoms with Gasteiger partial charge in [0.25, 0.3) is 0 Å². The highest BCUT2D eigenvalue weighted by atomic mass is 16.3. The van der Waals surface area contributed by atoms with Crippen LogP contribution >= 0.6 is 0 Å². The molecule has 2 aromatic heterocycles. The second-order valence-electron chi connectivity index (χ2n) is 12.1. The first-order chi connectivity index (χ1) is 21.8. The molecule has 9 aromatic rings. The van der Waals surface area contributed by atoms with Crippen molar-refractivity contribution >= 4 is 89.4 Å². The fourth-order valence-corrected chi connectivity index (χ4v) is 8.22. The van der Waals surface area contributed by atoms with E-state index in [2.05, 4.69) is 149 Å². The molecule has 0 saturated heterocycles. The number of benzene rings is 7. The normalized spacial score (nSPS) is 13.4. The molecule has 0 unspecified atom stereocenters. The van der Waals surface area contributed by atoms with Crippen LogP contribution < -0.4 is 15.8 Å². The van der Waals surface area contributed by atoms with Crippen molar-refractivity contribution in [3.63, 3.8) is 0 Å². The maximum atomic E-state index is 6.67. The van der Waals surface area contributed by atoms with Crippen molar-refractivity contribution in [2.75, 3.05) is 4.90 Å². The van der Waals surface area contributed by atoms with Crippen LogP contribution in [0, 0.1) is 0 Å². The molecule has 0 N–H and O–H groups in total. The Labute approximate surface area is 253 Å². The van der Waals surface area contributed by atoms with Gasteiger partial charge in [-0.15, -0.1) is 0 Å². The topological polar surface area (TPSA) is 21.3 Å². The molecule has 11 rings (SSSR count). The van der Waals surface area contributed by atoms with Crippen LogP contribution in [-0.4, -0.2) is 11.3 Å². The second-order valence-corrected chi connectivity index (χ2v) is 12.1. The molecule has 0 amide bonds. The van der Waals surface area contributed by atoms with Crippen LogP contribution in [0.3, 0.4) is 0 Å². The van der Waals surface area contributed by atoms with Gasteiger partial charge in [0, 0.05) is 61.3 Å². The molecule has 0 atom stereocenters. The lowest BCUT2D eigenvalue weighted by Crippen LogP contribution is -2.56. The summed E-state index contributed by atoms with van der Waals surface area (Å²) in [6.45, 7) is -0.00469. The summed E-state index contributed by atoms with van der Waals surface area (Å²) in [5, 5.41) is 7.44. The van der Waals surface area contributed by atoms with Crippen molar-refractivity contribution in [3.05, 3.63) is 140 Å². The van der Waals surface area contributed by atoms with Crippen LogP contribution in [-0.2, 0) is 0 Å². The molecule has 44 heavy (non-hydrogen) atoms. The molecular formula is C40H23BN2O. The van der Waals surface area contributed by atoms with Gasteiger partial charge in [-0.25, -0.2) is 0 Å². The smallest absolute Gasteiger partial charge is 0.333 e. The summed E-state index contributed by atoms with van der Waals surface area (Å²) in [6.07, 6.45) is 0. The summed E-state index contributed by atoms with van der Waals surface area (Å²) in [5.41, 5.74) is 13.1. The first kappa shape index (κ1) is 22.8. The van der Waals surface area contributed by atoms with Gasteiger partial charge in [0.2, 0.25) is 0 Å². The average Bonchev–Trinajstić information content (AvgIpc) is 3.62. The van der Waals surface area contributed by atoms with Crippen LogP contribution in [0.5, 0.6) is 0 Å². The average molecular weight is 558 g/mol. The molecule has 0 aliphatic carbocycles. The van der Waals surface area contributed by atoms with Gasteiger partial charge in [0.1, 0.15) is 11.2 Å². The van der Waals surface area contributed by atoms with Crippen molar-refractivity contribution in [2.24, 2.45) is 0 Å². The van der Waals surface area contributed by atoms with E-state index in [1.54, 1.807) is 0 Å². The molecule has 2 aliphatic heterocycles. The zero-order chi connectivity index (χ0) is 28.5. The van der Waals surface area contributed by atoms with Gasteiger partial charge in [-0.3, -0.25) is 0 Å². The van der Waals surface area contributed by atoms with Gasteiger partial charge in [0.15, 0.2) is 0 Å². The number of fused-ring (bicyclic) bond motifs is 12. The Kier molecular flexibility index (Phi) is 4.15. The minimum Gasteiger partial charge on any atom is -0.456 e. The van der Waals surface area contributed by atoms with Gasteiger partial charge in [-0.05, 0) is 57.6 Å². The van der Waals surface area contributed by atoms with E-state index >= 15 is 0 Å². The first-order valence-corrected chi connectivity index (χ1v) is 15.2. The van der Waals surface area contributed by atoms with Crippen molar-refractivity contribution in [1.82, 2.24) is 4.48 Å². The number of aromatic nitrogens is 1. The lowest BCUT2D eigenvalue weighted by Gasteiger charge is -2.40. The van der Waals surface area contributed by atoms with Crippen molar-refractivity contribution in [3.8, 4) is 11.1 Å². The SMILES string of the molecule is c1ccc(N2c3cc4ccccc4cc3B3c4c2cc2oc5ccccc5c2c4-c2cccc4c5ccccc5n3c24)cc1. The molecule has 2 aliphatic rings. The molecule has 7 aromatic carbocycles. The number of rotatable bonds is 1. The summed E-state index contributed by atoms with van der Waals surface area (Å²) < 4.78 is 9.29. The maximum Gasteiger partial charge on any atom is 0.333 e. The monoisotopic (exact) mass is 558 g/mol. The number of furan rings is 1. The standard InChI is InChI=1S/C40H23BN2O/c1-2-13-26(14-3-1)42-33-22-25-12-5-4-11-24(25)21-31(33)41-39-34(42)23-36-37(29-16-7-9-20-35(29)44-36)38(39)30-18-10-17-28-27-15-6-8-19-32(27)43(41)40(28)30/h1-23H. The fourth-order valence-electron chi connectivity index (χ4n) is 8.22. The van der Waals surface area contributed by atoms with E-state index in [-0.39, 0.29) is 6.85 Å². The summed E-state index contributed by atoms with van der Waals surface area (Å²) in [4.78, 5) is 2.46. The predicted molar refractivity (Wildman–Crippen MR) is 185 cm³/mol. The summed E-state index contributed by atoms with van der Waals surface area (Å²) >= 11 is 0. The molecule has 0 fully saturated rings. The largest absolute Gasteiger partial charge is 0.456 e. The molecule has 0 bridgehead atoms. The van der Waals surface area contributed by atoms with E-state index < -0.39 is 0 Å². The van der Waals surface area contributed by atoms with E-state index in [1.165, 1.54) is 71.4 Å². The third-order valence-corrected chi connectivity index (χ3v) is 9.90. The number of para-hydroxylation sites is 4. The molecule has 4 heterocycles. The third kappa shape index (κ3) is 2.70. The van der Waals surface area contributed by atoms with Crippen LogP contribution in [0.25, 0.3) is 65.6 Å². The lowest BCUT2D eigenvalue weighted by atomic mass is 9.44. The van der Waals surface area contributed by atoms with Crippen LogP contribution in [0.4, 0.5) is 17.1 Å².